The van der Waals surface area contributed by atoms with E-state index in [1.165, 1.54) is 24.3 Å². The first kappa shape index (κ1) is 19.7. The maximum Gasteiger partial charge on any atom is 0.257 e. The summed E-state index contributed by atoms with van der Waals surface area (Å²) in [5.74, 6) is -1.36. The Balaban J connectivity index is 1.58. The van der Waals surface area contributed by atoms with Crippen molar-refractivity contribution in [1.29, 1.82) is 0 Å². The van der Waals surface area contributed by atoms with Gasteiger partial charge in [0, 0.05) is 23.7 Å². The molecule has 1 aliphatic rings. The number of imidazole rings is 1. The number of nitrogens with zero attached hydrogens (tertiary/aromatic N) is 4. The summed E-state index contributed by atoms with van der Waals surface area (Å²) in [4.78, 5) is 23.4. The van der Waals surface area contributed by atoms with Gasteiger partial charge in [0.25, 0.3) is 5.91 Å². The predicted molar refractivity (Wildman–Crippen MR) is 114 cm³/mol. The number of carbonyl (C=O) groups excluding carboxylic acids is 1. The van der Waals surface area contributed by atoms with Crippen LogP contribution in [-0.4, -0.2) is 31.2 Å². The molecule has 6 nitrogen and oxygen atoms in total. The van der Waals surface area contributed by atoms with E-state index < -0.39 is 17.5 Å². The molecule has 0 unspecified atom stereocenters. The number of fused-ring (bicyclic) bond motifs is 3. The summed E-state index contributed by atoms with van der Waals surface area (Å²) in [6.45, 7) is 0.167. The van der Waals surface area contributed by atoms with Crippen molar-refractivity contribution in [3.63, 3.8) is 0 Å². The zero-order valence-corrected chi connectivity index (χ0v) is 17.1. The summed E-state index contributed by atoms with van der Waals surface area (Å²) in [7, 11) is 0. The maximum atomic E-state index is 15.0. The van der Waals surface area contributed by atoms with Gasteiger partial charge in [-0.15, -0.1) is 0 Å². The summed E-state index contributed by atoms with van der Waals surface area (Å²) in [5, 5.41) is 0.232. The lowest BCUT2D eigenvalue weighted by Crippen LogP contribution is -2.44. The number of rotatable bonds is 4. The molecule has 0 radical (unpaired) electrons. The molecule has 2 aromatic carbocycles. The van der Waals surface area contributed by atoms with Crippen molar-refractivity contribution in [3.8, 4) is 0 Å². The van der Waals surface area contributed by atoms with Gasteiger partial charge in [0.15, 0.2) is 0 Å². The number of amides is 1. The Bertz CT molecular complexity index is 1330. The van der Waals surface area contributed by atoms with Crippen LogP contribution < -0.4 is 5.73 Å². The van der Waals surface area contributed by atoms with E-state index in [2.05, 4.69) is 9.97 Å². The minimum atomic E-state index is -0.682. The fourth-order valence-electron chi connectivity index (χ4n) is 3.91. The average Bonchev–Trinajstić information content (AvgIpc) is 3.18. The molecule has 1 aliphatic carbocycles. The van der Waals surface area contributed by atoms with Gasteiger partial charge in [-0.3, -0.25) is 9.20 Å². The highest BCUT2D eigenvalue weighted by atomic mass is 35.5. The van der Waals surface area contributed by atoms with Crippen molar-refractivity contribution in [2.24, 2.45) is 0 Å². The quantitative estimate of drug-likeness (QED) is 0.502. The van der Waals surface area contributed by atoms with Crippen LogP contribution in [0.4, 0.5) is 14.6 Å². The molecule has 2 heterocycles. The van der Waals surface area contributed by atoms with Crippen LogP contribution in [0.15, 0.2) is 42.9 Å². The van der Waals surface area contributed by atoms with Crippen molar-refractivity contribution in [2.75, 3.05) is 5.73 Å². The van der Waals surface area contributed by atoms with Crippen LogP contribution in [0.1, 0.15) is 35.2 Å². The van der Waals surface area contributed by atoms with Gasteiger partial charge in [0.1, 0.15) is 23.0 Å². The van der Waals surface area contributed by atoms with Gasteiger partial charge < -0.3 is 10.6 Å². The fraction of sp³-hybridized carbons (Fsp3) is 0.227. The van der Waals surface area contributed by atoms with E-state index in [9.17, 15) is 9.18 Å². The molecule has 0 spiro atoms. The van der Waals surface area contributed by atoms with Crippen LogP contribution in [0, 0.1) is 11.6 Å². The predicted octanol–water partition coefficient (Wildman–Crippen LogP) is 4.59. The van der Waals surface area contributed by atoms with E-state index in [4.69, 9.17) is 17.3 Å². The van der Waals surface area contributed by atoms with Gasteiger partial charge in [-0.1, -0.05) is 17.7 Å². The van der Waals surface area contributed by atoms with Crippen LogP contribution in [0.3, 0.4) is 0 Å². The third-order valence-electron chi connectivity index (χ3n) is 5.83. The van der Waals surface area contributed by atoms with Gasteiger partial charge in [0.2, 0.25) is 0 Å². The summed E-state index contributed by atoms with van der Waals surface area (Å²) in [5.41, 5.74) is 7.90. The van der Waals surface area contributed by atoms with E-state index >= 15 is 4.39 Å². The second-order valence-electron chi connectivity index (χ2n) is 7.72. The minimum absolute atomic E-state index is 0.0264. The number of carbonyl (C=O) groups is 1. The van der Waals surface area contributed by atoms with Crippen LogP contribution in [0.2, 0.25) is 5.02 Å². The molecule has 0 saturated heterocycles. The molecule has 1 fully saturated rings. The van der Waals surface area contributed by atoms with Crippen molar-refractivity contribution in [2.45, 2.75) is 31.8 Å². The van der Waals surface area contributed by atoms with Gasteiger partial charge in [0.05, 0.1) is 29.1 Å². The van der Waals surface area contributed by atoms with Gasteiger partial charge in [-0.05, 0) is 43.0 Å². The lowest BCUT2D eigenvalue weighted by atomic mass is 9.90. The highest BCUT2D eigenvalue weighted by Gasteiger charge is 2.31. The van der Waals surface area contributed by atoms with Crippen LogP contribution >= 0.6 is 11.6 Å². The lowest BCUT2D eigenvalue weighted by Gasteiger charge is -2.38. The summed E-state index contributed by atoms with van der Waals surface area (Å²) in [6, 6.07) is 6.72. The number of nitrogen functional groups attached to an aromatic ring is 1. The average molecular weight is 442 g/mol. The molecule has 1 amide bonds. The molecule has 2 aromatic heterocycles. The lowest BCUT2D eigenvalue weighted by molar-refractivity contribution is 0.0552. The Morgan fingerprint density at radius 2 is 2.03 bits per heavy atom. The van der Waals surface area contributed by atoms with E-state index in [0.717, 1.165) is 19.3 Å². The third kappa shape index (κ3) is 3.37. The maximum absolute atomic E-state index is 15.0. The highest BCUT2D eigenvalue weighted by Crippen LogP contribution is 2.31. The molecule has 1 saturated carbocycles. The van der Waals surface area contributed by atoms with Gasteiger partial charge in [-0.25, -0.2) is 18.7 Å². The molecule has 158 valence electrons. The minimum Gasteiger partial charge on any atom is -0.382 e. The molecule has 0 aliphatic heterocycles. The number of hydrogen-bond donors (Lipinski definition) is 1. The summed E-state index contributed by atoms with van der Waals surface area (Å²) in [6.07, 6.45) is 5.74. The number of anilines is 1. The fourth-order valence-corrected chi connectivity index (χ4v) is 4.14. The number of nitrogens with two attached hydrogens (primary N) is 1. The largest absolute Gasteiger partial charge is 0.382 e. The number of aromatic nitrogens is 3. The SMILES string of the molecule is Nc1nc2cc(F)c(C(=O)N(Cc3ccc(F)cc3Cl)C3CCC3)cc2n2cncc12. The normalized spacial score (nSPS) is 14.2. The van der Waals surface area contributed by atoms with Crippen LogP contribution in [0.25, 0.3) is 16.6 Å². The Morgan fingerprint density at radius 3 is 2.74 bits per heavy atom. The van der Waals surface area contributed by atoms with E-state index in [1.807, 2.05) is 0 Å². The molecule has 4 aromatic rings. The van der Waals surface area contributed by atoms with Crippen molar-refractivity contribution in [1.82, 2.24) is 19.3 Å². The Kier molecular flexibility index (Phi) is 4.74. The molecule has 5 rings (SSSR count). The van der Waals surface area contributed by atoms with E-state index in [0.29, 0.717) is 22.1 Å². The van der Waals surface area contributed by atoms with Crippen molar-refractivity contribution in [3.05, 3.63) is 70.6 Å². The zero-order chi connectivity index (χ0) is 21.7. The first-order valence-corrected chi connectivity index (χ1v) is 10.3. The monoisotopic (exact) mass is 441 g/mol. The van der Waals surface area contributed by atoms with Crippen LogP contribution in [-0.2, 0) is 6.54 Å². The molecule has 9 heteroatoms. The van der Waals surface area contributed by atoms with E-state index in [-0.39, 0.29) is 29.0 Å². The third-order valence-corrected chi connectivity index (χ3v) is 6.18. The second-order valence-corrected chi connectivity index (χ2v) is 8.13. The van der Waals surface area contributed by atoms with Crippen molar-refractivity contribution < 1.29 is 13.6 Å². The van der Waals surface area contributed by atoms with Gasteiger partial charge >= 0.3 is 0 Å². The summed E-state index contributed by atoms with van der Waals surface area (Å²) >= 11 is 6.18. The first-order chi connectivity index (χ1) is 14.9. The van der Waals surface area contributed by atoms with Crippen LogP contribution in [0.5, 0.6) is 0 Å². The van der Waals surface area contributed by atoms with E-state index in [1.54, 1.807) is 27.9 Å². The molecule has 2 N–H and O–H groups in total. The second kappa shape index (κ2) is 7.46. The van der Waals surface area contributed by atoms with Crippen molar-refractivity contribution >= 4 is 39.9 Å². The molecule has 31 heavy (non-hydrogen) atoms. The topological polar surface area (TPSA) is 76.5 Å². The number of hydrogen-bond acceptors (Lipinski definition) is 4. The molecular weight excluding hydrogens is 424 g/mol. The molecule has 0 bridgehead atoms. The standard InChI is InChI=1S/C22H18ClF2N5O/c23-16-6-13(24)5-4-12(16)10-29(14-2-1-3-14)22(31)15-7-19-18(8-17(15)25)28-21(26)20-9-27-11-30(19)20/h4-9,11,14H,1-3,10H2,(H2,26,28). The Labute approximate surface area is 181 Å². The smallest absolute Gasteiger partial charge is 0.257 e. The first-order valence-electron chi connectivity index (χ1n) is 9.88. The zero-order valence-electron chi connectivity index (χ0n) is 16.4. The van der Waals surface area contributed by atoms with Gasteiger partial charge in [-0.2, -0.15) is 0 Å². The highest BCUT2D eigenvalue weighted by molar-refractivity contribution is 6.31. The Hall–Kier alpha value is -3.26. The Morgan fingerprint density at radius 1 is 1.23 bits per heavy atom. The molecular formula is C22H18ClF2N5O. The number of benzene rings is 2. The summed E-state index contributed by atoms with van der Waals surface area (Å²) < 4.78 is 30.1. The number of halogens is 3. The molecule has 0 atom stereocenters.